The molecule has 1 N–H and O–H groups in total. The van der Waals surface area contributed by atoms with Gasteiger partial charge in [-0.05, 0) is 35.4 Å². The lowest BCUT2D eigenvalue weighted by molar-refractivity contribution is -0.127. The molecule has 5 heteroatoms. The molecule has 0 bridgehead atoms. The second-order valence-electron chi connectivity index (χ2n) is 6.52. The van der Waals surface area contributed by atoms with Crippen LogP contribution < -0.4 is 4.74 Å². The Hall–Kier alpha value is -3.44. The third-order valence-corrected chi connectivity index (χ3v) is 4.32. The van der Waals surface area contributed by atoms with Crippen LogP contribution in [0.3, 0.4) is 0 Å². The Morgan fingerprint density at radius 2 is 1.76 bits per heavy atom. The molecule has 0 saturated heterocycles. The molecule has 148 valence electrons. The van der Waals surface area contributed by atoms with E-state index < -0.39 is 0 Å². The molecular weight excluding hydrogens is 364 g/mol. The molecule has 0 aliphatic heterocycles. The third-order valence-electron chi connectivity index (χ3n) is 4.32. The first-order chi connectivity index (χ1) is 14.2. The van der Waals surface area contributed by atoms with Gasteiger partial charge in [-0.3, -0.25) is 9.78 Å². The van der Waals surface area contributed by atoms with E-state index in [1.54, 1.807) is 23.4 Å². The van der Waals surface area contributed by atoms with Gasteiger partial charge in [0.1, 0.15) is 12.4 Å². The minimum Gasteiger partial charge on any atom is -0.489 e. The van der Waals surface area contributed by atoms with E-state index in [2.05, 4.69) is 4.98 Å². The van der Waals surface area contributed by atoms with E-state index in [4.69, 9.17) is 4.74 Å². The van der Waals surface area contributed by atoms with E-state index in [1.807, 2.05) is 66.7 Å². The van der Waals surface area contributed by atoms with Crippen LogP contribution in [-0.4, -0.2) is 34.0 Å². The van der Waals surface area contributed by atoms with Gasteiger partial charge < -0.3 is 14.7 Å². The number of hydrogen-bond acceptors (Lipinski definition) is 4. The highest BCUT2D eigenvalue weighted by Gasteiger charge is 2.10. The predicted molar refractivity (Wildman–Crippen MR) is 113 cm³/mol. The van der Waals surface area contributed by atoms with Crippen LogP contribution in [0.15, 0.2) is 85.2 Å². The maximum absolute atomic E-state index is 12.5. The first kappa shape index (κ1) is 20.3. The summed E-state index contributed by atoms with van der Waals surface area (Å²) < 4.78 is 5.74. The maximum atomic E-state index is 12.5. The topological polar surface area (TPSA) is 62.7 Å². The number of ether oxygens (including phenoxy) is 1. The van der Waals surface area contributed by atoms with Gasteiger partial charge in [0, 0.05) is 37.1 Å². The lowest BCUT2D eigenvalue weighted by atomic mass is 10.2. The van der Waals surface area contributed by atoms with Crippen LogP contribution in [0.5, 0.6) is 5.75 Å². The fourth-order valence-electron chi connectivity index (χ4n) is 2.79. The van der Waals surface area contributed by atoms with E-state index in [9.17, 15) is 9.90 Å². The van der Waals surface area contributed by atoms with Crippen molar-refractivity contribution in [2.75, 3.05) is 13.2 Å². The molecule has 1 aromatic heterocycles. The van der Waals surface area contributed by atoms with Crippen LogP contribution in [0.1, 0.15) is 16.7 Å². The van der Waals surface area contributed by atoms with Gasteiger partial charge in [0.2, 0.25) is 5.91 Å². The zero-order valence-electron chi connectivity index (χ0n) is 16.1. The van der Waals surface area contributed by atoms with E-state index in [-0.39, 0.29) is 12.5 Å². The van der Waals surface area contributed by atoms with Crippen LogP contribution >= 0.6 is 0 Å². The van der Waals surface area contributed by atoms with E-state index >= 15 is 0 Å². The summed E-state index contributed by atoms with van der Waals surface area (Å²) in [7, 11) is 0. The molecule has 0 radical (unpaired) electrons. The van der Waals surface area contributed by atoms with Gasteiger partial charge in [-0.15, -0.1) is 0 Å². The van der Waals surface area contributed by atoms with Crippen LogP contribution in [0.2, 0.25) is 0 Å². The van der Waals surface area contributed by atoms with Gasteiger partial charge in [0.15, 0.2) is 0 Å². The van der Waals surface area contributed by atoms with Crippen LogP contribution in [0.4, 0.5) is 0 Å². The molecular formula is C24H24N2O3. The zero-order valence-corrected chi connectivity index (χ0v) is 16.1. The number of aromatic nitrogens is 1. The molecule has 3 aromatic rings. The van der Waals surface area contributed by atoms with Crippen LogP contribution in [-0.2, 0) is 17.9 Å². The van der Waals surface area contributed by atoms with Crippen molar-refractivity contribution in [2.24, 2.45) is 0 Å². The summed E-state index contributed by atoms with van der Waals surface area (Å²) in [5.74, 6) is 0.614. The summed E-state index contributed by atoms with van der Waals surface area (Å²) in [6.07, 6.45) is 6.80. The van der Waals surface area contributed by atoms with E-state index in [0.717, 1.165) is 22.4 Å². The number of aliphatic hydroxyl groups is 1. The summed E-state index contributed by atoms with van der Waals surface area (Å²) in [5, 5.41) is 9.28. The highest BCUT2D eigenvalue weighted by atomic mass is 16.5. The Labute approximate surface area is 170 Å². The number of nitrogens with zero attached hydrogens (tertiary/aromatic N) is 2. The van der Waals surface area contributed by atoms with Crippen molar-refractivity contribution >= 4 is 12.0 Å². The van der Waals surface area contributed by atoms with Gasteiger partial charge in [-0.25, -0.2) is 0 Å². The van der Waals surface area contributed by atoms with Gasteiger partial charge in [0.05, 0.1) is 6.61 Å². The van der Waals surface area contributed by atoms with Crippen molar-refractivity contribution in [3.8, 4) is 5.75 Å². The van der Waals surface area contributed by atoms with Crippen molar-refractivity contribution in [2.45, 2.75) is 13.2 Å². The fraction of sp³-hybridized carbons (Fsp3) is 0.167. The van der Waals surface area contributed by atoms with Crippen molar-refractivity contribution in [3.05, 3.63) is 102 Å². The van der Waals surface area contributed by atoms with E-state index in [0.29, 0.717) is 19.7 Å². The molecule has 0 spiro atoms. The molecule has 0 fully saturated rings. The standard InChI is InChI=1S/C24H24N2O3/c27-16-15-26(18-21-5-2-1-3-6-21)24(28)13-10-20-8-11-23(12-9-20)29-19-22-7-4-14-25-17-22/h1-14,17,27H,15-16,18-19H2/b13-10+. The van der Waals surface area contributed by atoms with E-state index in [1.165, 1.54) is 6.08 Å². The molecule has 0 aliphatic rings. The summed E-state index contributed by atoms with van der Waals surface area (Å²) in [4.78, 5) is 18.2. The first-order valence-electron chi connectivity index (χ1n) is 9.48. The molecule has 5 nitrogen and oxygen atoms in total. The molecule has 1 amide bonds. The van der Waals surface area contributed by atoms with Crippen LogP contribution in [0.25, 0.3) is 6.08 Å². The SMILES string of the molecule is O=C(/C=C/c1ccc(OCc2cccnc2)cc1)N(CCO)Cc1ccccc1. The minimum atomic E-state index is -0.139. The Morgan fingerprint density at radius 1 is 1.00 bits per heavy atom. The Kier molecular flexibility index (Phi) is 7.55. The van der Waals surface area contributed by atoms with Crippen molar-refractivity contribution < 1.29 is 14.6 Å². The van der Waals surface area contributed by atoms with Gasteiger partial charge in [0.25, 0.3) is 0 Å². The monoisotopic (exact) mass is 388 g/mol. The van der Waals surface area contributed by atoms with Gasteiger partial charge in [-0.1, -0.05) is 48.5 Å². The molecule has 3 rings (SSSR count). The second-order valence-corrected chi connectivity index (χ2v) is 6.52. The average molecular weight is 388 g/mol. The highest BCUT2D eigenvalue weighted by molar-refractivity contribution is 5.91. The quantitative estimate of drug-likeness (QED) is 0.568. The maximum Gasteiger partial charge on any atom is 0.246 e. The van der Waals surface area contributed by atoms with Crippen LogP contribution in [0, 0.1) is 0 Å². The molecule has 2 aromatic carbocycles. The number of carbonyl (C=O) groups is 1. The van der Waals surface area contributed by atoms with Gasteiger partial charge >= 0.3 is 0 Å². The van der Waals surface area contributed by atoms with Crippen molar-refractivity contribution in [1.82, 2.24) is 9.88 Å². The largest absolute Gasteiger partial charge is 0.489 e. The number of rotatable bonds is 9. The molecule has 0 atom stereocenters. The fourth-order valence-corrected chi connectivity index (χ4v) is 2.79. The minimum absolute atomic E-state index is 0.0740. The summed E-state index contributed by atoms with van der Waals surface area (Å²) >= 11 is 0. The summed E-state index contributed by atoms with van der Waals surface area (Å²) in [5.41, 5.74) is 2.93. The smallest absolute Gasteiger partial charge is 0.246 e. The molecule has 29 heavy (non-hydrogen) atoms. The molecule has 0 saturated carbocycles. The molecule has 0 aliphatic carbocycles. The predicted octanol–water partition coefficient (Wildman–Crippen LogP) is 3.69. The number of benzene rings is 2. The second kappa shape index (κ2) is 10.8. The summed E-state index contributed by atoms with van der Waals surface area (Å²) in [6, 6.07) is 21.1. The third kappa shape index (κ3) is 6.59. The van der Waals surface area contributed by atoms with Crippen molar-refractivity contribution in [3.63, 3.8) is 0 Å². The number of aliphatic hydroxyl groups excluding tert-OH is 1. The Bertz CT molecular complexity index is 910. The average Bonchev–Trinajstić information content (AvgIpc) is 2.78. The number of amides is 1. The lowest BCUT2D eigenvalue weighted by Gasteiger charge is -2.20. The lowest BCUT2D eigenvalue weighted by Crippen LogP contribution is -2.31. The Balaban J connectivity index is 1.56. The molecule has 1 heterocycles. The zero-order chi connectivity index (χ0) is 20.3. The number of pyridine rings is 1. The van der Waals surface area contributed by atoms with Gasteiger partial charge in [-0.2, -0.15) is 0 Å². The summed E-state index contributed by atoms with van der Waals surface area (Å²) in [6.45, 7) is 1.14. The Morgan fingerprint density at radius 3 is 2.45 bits per heavy atom. The van der Waals surface area contributed by atoms with Crippen molar-refractivity contribution in [1.29, 1.82) is 0 Å². The first-order valence-corrected chi connectivity index (χ1v) is 9.48. The number of carbonyl (C=O) groups excluding carboxylic acids is 1. The molecule has 0 unspecified atom stereocenters. The highest BCUT2D eigenvalue weighted by Crippen LogP contribution is 2.15. The normalized spacial score (nSPS) is 10.8. The number of hydrogen-bond donors (Lipinski definition) is 1.